The Morgan fingerprint density at radius 1 is 1.05 bits per heavy atom. The van der Waals surface area contributed by atoms with Crippen LogP contribution in [-0.4, -0.2) is 55.4 Å². The number of alkyl halides is 1. The van der Waals surface area contributed by atoms with Gasteiger partial charge in [0.15, 0.2) is 18.5 Å². The summed E-state index contributed by atoms with van der Waals surface area (Å²) in [5.41, 5.74) is 0.207. The summed E-state index contributed by atoms with van der Waals surface area (Å²) in [6.45, 7) is -0.135. The lowest BCUT2D eigenvalue weighted by molar-refractivity contribution is -0.117. The van der Waals surface area contributed by atoms with E-state index in [1.807, 2.05) is 0 Å². The van der Waals surface area contributed by atoms with Crippen molar-refractivity contribution in [1.29, 1.82) is 0 Å². The summed E-state index contributed by atoms with van der Waals surface area (Å²) in [7, 11) is 2.82. The molecule has 14 heteroatoms. The minimum absolute atomic E-state index is 0.0191. The molecule has 2 heterocycles. The summed E-state index contributed by atoms with van der Waals surface area (Å²) >= 11 is 0. The second kappa shape index (κ2) is 15.3. The molecular formula is C27H27F5N4O5. The molecular weight excluding hydrogens is 555 g/mol. The van der Waals surface area contributed by atoms with Gasteiger partial charge in [0.25, 0.3) is 5.91 Å². The topological polar surface area (TPSA) is 121 Å². The number of amides is 3. The summed E-state index contributed by atoms with van der Waals surface area (Å²) in [4.78, 5) is 39.3. The lowest BCUT2D eigenvalue weighted by atomic mass is 9.97. The highest BCUT2D eigenvalue weighted by atomic mass is 19.1. The molecule has 3 aromatic rings. The van der Waals surface area contributed by atoms with Gasteiger partial charge >= 0.3 is 0 Å². The van der Waals surface area contributed by atoms with E-state index in [-0.39, 0.29) is 47.6 Å². The molecule has 3 amide bonds. The van der Waals surface area contributed by atoms with Gasteiger partial charge in [0.2, 0.25) is 11.8 Å². The van der Waals surface area contributed by atoms with Gasteiger partial charge in [-0.3, -0.25) is 19.3 Å². The number of hydrogen-bond acceptors (Lipinski definition) is 6. The zero-order valence-corrected chi connectivity index (χ0v) is 22.2. The van der Waals surface area contributed by atoms with Crippen molar-refractivity contribution in [2.24, 2.45) is 0 Å². The predicted molar refractivity (Wildman–Crippen MR) is 139 cm³/mol. The number of aromatic nitrogens is 1. The summed E-state index contributed by atoms with van der Waals surface area (Å²) in [6.07, 6.45) is -0.203. The van der Waals surface area contributed by atoms with Gasteiger partial charge in [0, 0.05) is 56.1 Å². The number of carbonyl (C=O) groups excluding carboxylic acids is 3. The van der Waals surface area contributed by atoms with Crippen LogP contribution in [0.2, 0.25) is 0 Å². The first-order chi connectivity index (χ1) is 19.4. The van der Waals surface area contributed by atoms with Gasteiger partial charge in [0.1, 0.15) is 29.0 Å². The molecule has 1 fully saturated rings. The van der Waals surface area contributed by atoms with E-state index in [1.54, 1.807) is 0 Å². The van der Waals surface area contributed by atoms with E-state index in [0.717, 1.165) is 23.1 Å². The Balaban J connectivity index is 0.000000349. The first-order valence-electron chi connectivity index (χ1n) is 11.9. The lowest BCUT2D eigenvalue weighted by Gasteiger charge is -2.18. The quantitative estimate of drug-likeness (QED) is 0.390. The number of nitrogens with zero attached hydrogens (tertiary/aromatic N) is 2. The monoisotopic (exact) mass is 582 g/mol. The SMILES string of the molecule is CNC(=O)c1ccc(F)cc1.COc1cc(F)c(C2CC(=O)N(c3nc(NC(C)=O)ccc3F)C2)c(F)c1.OCF. The molecule has 1 aromatic heterocycles. The van der Waals surface area contributed by atoms with Crippen LogP contribution in [-0.2, 0) is 9.59 Å². The van der Waals surface area contributed by atoms with Crippen molar-refractivity contribution in [3.05, 3.63) is 82.9 Å². The second-order valence-electron chi connectivity index (χ2n) is 8.30. The molecule has 4 rings (SSSR count). The van der Waals surface area contributed by atoms with Crippen LogP contribution < -0.4 is 20.3 Å². The molecule has 9 nitrogen and oxygen atoms in total. The van der Waals surface area contributed by atoms with Gasteiger partial charge in [-0.15, -0.1) is 0 Å². The van der Waals surface area contributed by atoms with Gasteiger partial charge < -0.3 is 20.5 Å². The predicted octanol–water partition coefficient (Wildman–Crippen LogP) is 4.08. The number of pyridine rings is 1. The third kappa shape index (κ3) is 8.96. The highest BCUT2D eigenvalue weighted by molar-refractivity contribution is 5.96. The molecule has 41 heavy (non-hydrogen) atoms. The van der Waals surface area contributed by atoms with E-state index in [2.05, 4.69) is 15.6 Å². The Labute approximate surface area is 232 Å². The molecule has 0 spiro atoms. The van der Waals surface area contributed by atoms with E-state index in [1.165, 1.54) is 51.4 Å². The van der Waals surface area contributed by atoms with Crippen molar-refractivity contribution in [2.75, 3.05) is 37.8 Å². The van der Waals surface area contributed by atoms with Crippen LogP contribution in [0.3, 0.4) is 0 Å². The minimum atomic E-state index is -1.25. The van der Waals surface area contributed by atoms with Crippen molar-refractivity contribution in [3.8, 4) is 5.75 Å². The van der Waals surface area contributed by atoms with Gasteiger partial charge in [-0.05, 0) is 36.4 Å². The van der Waals surface area contributed by atoms with E-state index in [4.69, 9.17) is 9.84 Å². The number of benzene rings is 2. The highest BCUT2D eigenvalue weighted by Crippen LogP contribution is 2.36. The molecule has 1 aliphatic heterocycles. The summed E-state index contributed by atoms with van der Waals surface area (Å²) in [5.74, 6) is -4.97. The summed E-state index contributed by atoms with van der Waals surface area (Å²) < 4.78 is 69.8. The number of anilines is 2. The average Bonchev–Trinajstić information content (AvgIpc) is 3.30. The van der Waals surface area contributed by atoms with Crippen LogP contribution in [0.4, 0.5) is 33.6 Å². The number of rotatable bonds is 5. The third-order valence-corrected chi connectivity index (χ3v) is 5.54. The first kappa shape index (κ1) is 32.6. The number of nitrogens with one attached hydrogen (secondary N) is 2. The molecule has 0 bridgehead atoms. The van der Waals surface area contributed by atoms with Crippen LogP contribution in [0, 0.1) is 23.3 Å². The zero-order valence-electron chi connectivity index (χ0n) is 22.2. The highest BCUT2D eigenvalue weighted by Gasteiger charge is 2.37. The normalized spacial score (nSPS) is 13.8. The molecule has 3 N–H and O–H groups in total. The molecule has 2 aromatic carbocycles. The number of aliphatic hydroxyl groups excluding tert-OH is 1. The Morgan fingerprint density at radius 3 is 2.15 bits per heavy atom. The fraction of sp³-hybridized carbons (Fsp3) is 0.259. The molecule has 0 saturated carbocycles. The maximum Gasteiger partial charge on any atom is 0.251 e. The Kier molecular flexibility index (Phi) is 12.1. The number of hydrogen-bond donors (Lipinski definition) is 3. The standard InChI is InChI=1S/C18H16F3N3O3.C8H8FNO.CH3FO/c1-9(25)22-15-4-3-12(19)18(23-15)24-8-10(5-16(24)26)17-13(20)6-11(27-2)7-14(17)21;1-10-8(11)6-2-4-7(9)5-3-6;2-1-3/h3-4,6-7,10H,5,8H2,1-2H3,(H,22,23,25);2-5H,1H3,(H,10,11);3H,1H2. The van der Waals surface area contributed by atoms with Crippen molar-refractivity contribution < 1.29 is 46.2 Å². The van der Waals surface area contributed by atoms with E-state index in [0.29, 0.717) is 5.56 Å². The minimum Gasteiger partial charge on any atom is -0.497 e. The zero-order chi connectivity index (χ0) is 30.7. The fourth-order valence-corrected chi connectivity index (χ4v) is 3.79. The number of halogens is 5. The Bertz CT molecular complexity index is 1350. The molecule has 1 unspecified atom stereocenters. The number of ether oxygens (including phenoxy) is 1. The van der Waals surface area contributed by atoms with Crippen LogP contribution in [0.5, 0.6) is 5.75 Å². The number of methoxy groups -OCH3 is 1. The van der Waals surface area contributed by atoms with Crippen LogP contribution in [0.25, 0.3) is 0 Å². The van der Waals surface area contributed by atoms with E-state index >= 15 is 0 Å². The van der Waals surface area contributed by atoms with Crippen LogP contribution in [0.15, 0.2) is 48.5 Å². The van der Waals surface area contributed by atoms with Crippen LogP contribution >= 0.6 is 0 Å². The Hall–Kier alpha value is -4.59. The smallest absolute Gasteiger partial charge is 0.251 e. The summed E-state index contributed by atoms with van der Waals surface area (Å²) in [5, 5.41) is 11.7. The second-order valence-corrected chi connectivity index (χ2v) is 8.30. The molecule has 0 aliphatic carbocycles. The third-order valence-electron chi connectivity index (χ3n) is 5.54. The molecule has 220 valence electrons. The largest absolute Gasteiger partial charge is 0.497 e. The molecule has 1 saturated heterocycles. The fourth-order valence-electron chi connectivity index (χ4n) is 3.79. The van der Waals surface area contributed by atoms with Gasteiger partial charge in [-0.25, -0.2) is 26.9 Å². The average molecular weight is 583 g/mol. The number of carbonyl (C=O) groups is 3. The van der Waals surface area contributed by atoms with E-state index in [9.17, 15) is 36.3 Å². The van der Waals surface area contributed by atoms with Gasteiger partial charge in [-0.1, -0.05) is 0 Å². The number of aliphatic hydroxyl groups is 1. The maximum atomic E-state index is 14.3. The van der Waals surface area contributed by atoms with Crippen molar-refractivity contribution >= 4 is 29.4 Å². The van der Waals surface area contributed by atoms with E-state index < -0.39 is 42.0 Å². The van der Waals surface area contributed by atoms with Gasteiger partial charge in [0.05, 0.1) is 7.11 Å². The van der Waals surface area contributed by atoms with Gasteiger partial charge in [-0.2, -0.15) is 0 Å². The maximum absolute atomic E-state index is 14.3. The van der Waals surface area contributed by atoms with Crippen molar-refractivity contribution in [3.63, 3.8) is 0 Å². The molecule has 1 aliphatic rings. The molecule has 0 radical (unpaired) electrons. The molecule has 1 atom stereocenters. The lowest BCUT2D eigenvalue weighted by Crippen LogP contribution is -2.27. The van der Waals surface area contributed by atoms with Crippen molar-refractivity contribution in [1.82, 2.24) is 10.3 Å². The Morgan fingerprint density at radius 2 is 1.63 bits per heavy atom. The van der Waals surface area contributed by atoms with Crippen LogP contribution in [0.1, 0.15) is 35.2 Å². The summed E-state index contributed by atoms with van der Waals surface area (Å²) in [6, 6.07) is 9.75. The van der Waals surface area contributed by atoms with Crippen molar-refractivity contribution in [2.45, 2.75) is 19.3 Å². The first-order valence-corrected chi connectivity index (χ1v) is 11.9.